The molecule has 2 amide bonds. The summed E-state index contributed by atoms with van der Waals surface area (Å²) in [6.07, 6.45) is 4.57. The number of nitrogens with one attached hydrogen (secondary N) is 2. The van der Waals surface area contributed by atoms with Crippen molar-refractivity contribution in [2.45, 2.75) is 75.8 Å². The molecule has 0 bridgehead atoms. The van der Waals surface area contributed by atoms with E-state index in [1.807, 2.05) is 66.2 Å². The van der Waals surface area contributed by atoms with Gasteiger partial charge in [-0.25, -0.2) is 0 Å². The van der Waals surface area contributed by atoms with Crippen LogP contribution in [0.15, 0.2) is 84.3 Å². The van der Waals surface area contributed by atoms with Crippen molar-refractivity contribution in [3.05, 3.63) is 101 Å². The second kappa shape index (κ2) is 17.2. The highest BCUT2D eigenvalue weighted by Crippen LogP contribution is 2.40. The monoisotopic (exact) mass is 657 g/mol. The van der Waals surface area contributed by atoms with E-state index in [1.165, 1.54) is 6.92 Å². The van der Waals surface area contributed by atoms with Gasteiger partial charge in [0, 0.05) is 51.2 Å². The number of unbranched alkanes of at least 4 members (excludes halogenated alkanes) is 2. The van der Waals surface area contributed by atoms with Crippen LogP contribution in [0.2, 0.25) is 0 Å². The third-order valence-electron chi connectivity index (χ3n) is 8.12. The number of carbonyl (C=O) groups excluding carboxylic acids is 2. The number of ether oxygens (including phenoxy) is 2. The molecule has 1 saturated heterocycles. The van der Waals surface area contributed by atoms with E-state index in [1.54, 1.807) is 18.1 Å². The zero-order chi connectivity index (χ0) is 33.0. The summed E-state index contributed by atoms with van der Waals surface area (Å²) in [6.45, 7) is 2.60. The number of amides is 2. The summed E-state index contributed by atoms with van der Waals surface area (Å²) in [5, 5.41) is 24.4. The van der Waals surface area contributed by atoms with Gasteiger partial charge >= 0.3 is 0 Å². The maximum absolute atomic E-state index is 12.5. The molecule has 10 nitrogen and oxygen atoms in total. The lowest BCUT2D eigenvalue weighted by Crippen LogP contribution is -2.31. The average Bonchev–Trinajstić information content (AvgIpc) is 3.52. The van der Waals surface area contributed by atoms with E-state index in [0.29, 0.717) is 31.7 Å². The number of aromatic nitrogens is 3. The molecule has 0 unspecified atom stereocenters. The first-order valence-corrected chi connectivity index (χ1v) is 17.0. The normalized spacial score (nSPS) is 17.7. The van der Waals surface area contributed by atoms with Crippen molar-refractivity contribution < 1.29 is 24.2 Å². The van der Waals surface area contributed by atoms with Crippen LogP contribution in [-0.4, -0.2) is 50.1 Å². The molecule has 1 aliphatic heterocycles. The predicted molar refractivity (Wildman–Crippen MR) is 181 cm³/mol. The van der Waals surface area contributed by atoms with Crippen molar-refractivity contribution in [3.8, 4) is 11.1 Å². The Morgan fingerprint density at radius 2 is 1.72 bits per heavy atom. The lowest BCUT2D eigenvalue weighted by molar-refractivity contribution is -0.245. The smallest absolute Gasteiger partial charge is 0.220 e. The van der Waals surface area contributed by atoms with Crippen molar-refractivity contribution in [2.24, 2.45) is 7.05 Å². The molecule has 47 heavy (non-hydrogen) atoms. The number of aryl methyl sites for hydroxylation is 1. The van der Waals surface area contributed by atoms with Crippen LogP contribution < -0.4 is 10.6 Å². The second-order valence-electron chi connectivity index (χ2n) is 11.7. The first kappa shape index (κ1) is 34.3. The van der Waals surface area contributed by atoms with Gasteiger partial charge in [0.25, 0.3) is 0 Å². The molecular formula is C36H43N5O5S. The first-order chi connectivity index (χ1) is 22.9. The summed E-state index contributed by atoms with van der Waals surface area (Å²) in [6, 6.07) is 24.2. The molecule has 1 aromatic heterocycles. The van der Waals surface area contributed by atoms with Gasteiger partial charge in [0.05, 0.1) is 18.8 Å². The fourth-order valence-corrected chi connectivity index (χ4v) is 6.41. The number of aliphatic hydroxyl groups excluding tert-OH is 1. The highest BCUT2D eigenvalue weighted by atomic mass is 32.2. The fraction of sp³-hybridized carbons (Fsp3) is 0.389. The summed E-state index contributed by atoms with van der Waals surface area (Å²) < 4.78 is 14.9. The first-order valence-electron chi connectivity index (χ1n) is 16.1. The molecule has 0 saturated carbocycles. The largest absolute Gasteiger partial charge is 0.392 e. The second-order valence-corrected chi connectivity index (χ2v) is 12.7. The van der Waals surface area contributed by atoms with Crippen molar-refractivity contribution in [3.63, 3.8) is 0 Å². The molecule has 1 aliphatic rings. The van der Waals surface area contributed by atoms with Gasteiger partial charge in [-0.15, -0.1) is 10.2 Å². The van der Waals surface area contributed by atoms with Crippen LogP contribution in [0.5, 0.6) is 0 Å². The summed E-state index contributed by atoms with van der Waals surface area (Å²) in [5.41, 5.74) is 5.96. The Morgan fingerprint density at radius 1 is 0.957 bits per heavy atom. The van der Waals surface area contributed by atoms with Gasteiger partial charge in [0.2, 0.25) is 11.8 Å². The van der Waals surface area contributed by atoms with E-state index in [9.17, 15) is 14.7 Å². The number of rotatable bonds is 15. The third-order valence-corrected chi connectivity index (χ3v) is 9.29. The fourth-order valence-electron chi connectivity index (χ4n) is 5.50. The van der Waals surface area contributed by atoms with E-state index in [-0.39, 0.29) is 30.6 Å². The van der Waals surface area contributed by atoms with E-state index >= 15 is 0 Å². The molecule has 5 rings (SSSR count). The van der Waals surface area contributed by atoms with Gasteiger partial charge in [-0.05, 0) is 40.7 Å². The van der Waals surface area contributed by atoms with Crippen LogP contribution >= 0.6 is 11.8 Å². The maximum atomic E-state index is 12.5. The number of carbonyl (C=O) groups is 2. The van der Waals surface area contributed by atoms with Crippen LogP contribution in [0.1, 0.15) is 73.7 Å². The van der Waals surface area contributed by atoms with Crippen molar-refractivity contribution in [2.75, 3.05) is 12.3 Å². The topological polar surface area (TPSA) is 128 Å². The van der Waals surface area contributed by atoms with Crippen molar-refractivity contribution in [1.29, 1.82) is 0 Å². The molecule has 0 aliphatic carbocycles. The molecule has 3 N–H and O–H groups in total. The molecule has 1 fully saturated rings. The minimum absolute atomic E-state index is 0.00151. The van der Waals surface area contributed by atoms with Crippen molar-refractivity contribution in [1.82, 2.24) is 25.4 Å². The summed E-state index contributed by atoms with van der Waals surface area (Å²) >= 11 is 1.61. The van der Waals surface area contributed by atoms with E-state index in [4.69, 9.17) is 9.47 Å². The van der Waals surface area contributed by atoms with Crippen molar-refractivity contribution >= 4 is 23.6 Å². The van der Waals surface area contributed by atoms with Crippen LogP contribution in [0, 0.1) is 0 Å². The zero-order valence-corrected chi connectivity index (χ0v) is 27.7. The van der Waals surface area contributed by atoms with Gasteiger partial charge in [-0.2, -0.15) is 0 Å². The van der Waals surface area contributed by atoms with Crippen LogP contribution in [0.4, 0.5) is 0 Å². The Morgan fingerprint density at radius 3 is 2.45 bits per heavy atom. The summed E-state index contributed by atoms with van der Waals surface area (Å²) in [5.74, 6) is 0.695. The number of hydrogen-bond acceptors (Lipinski definition) is 8. The highest BCUT2D eigenvalue weighted by Gasteiger charge is 2.32. The highest BCUT2D eigenvalue weighted by molar-refractivity contribution is 7.99. The molecule has 3 atom stereocenters. The molecule has 11 heteroatoms. The number of nitrogens with zero attached hydrogens (tertiary/aromatic N) is 3. The molecule has 248 valence electrons. The minimum Gasteiger partial charge on any atom is -0.392 e. The van der Waals surface area contributed by atoms with Crippen LogP contribution in [0.3, 0.4) is 0 Å². The summed E-state index contributed by atoms with van der Waals surface area (Å²) in [7, 11) is 1.93. The molecule has 0 radical (unpaired) electrons. The Kier molecular flexibility index (Phi) is 12.6. The Hall–Kier alpha value is -4.03. The molecular weight excluding hydrogens is 614 g/mol. The van der Waals surface area contributed by atoms with Gasteiger partial charge in [0.15, 0.2) is 11.4 Å². The molecule has 0 spiro atoms. The minimum atomic E-state index is -0.557. The van der Waals surface area contributed by atoms with E-state index in [0.717, 1.165) is 57.8 Å². The SMILES string of the molecule is CC(=O)NCCCCCC(=O)NCc1ccccc1-c1ccc([C@H]2O[C@@H](CSc3nncn3C)C[C@@H](c3ccc(CO)cc3)O2)cc1. The number of thioether (sulfide) groups is 1. The van der Waals surface area contributed by atoms with E-state index < -0.39 is 6.29 Å². The third kappa shape index (κ3) is 9.98. The zero-order valence-electron chi connectivity index (χ0n) is 26.9. The number of aliphatic hydroxyl groups is 1. The quantitative estimate of drug-likeness (QED) is 0.111. The average molecular weight is 658 g/mol. The van der Waals surface area contributed by atoms with Gasteiger partial charge in [-0.1, -0.05) is 91.0 Å². The Labute approximate surface area is 280 Å². The maximum Gasteiger partial charge on any atom is 0.220 e. The van der Waals surface area contributed by atoms with Gasteiger partial charge in [-0.3, -0.25) is 9.59 Å². The Bertz CT molecular complexity index is 1590. The van der Waals surface area contributed by atoms with Crippen LogP contribution in [0.25, 0.3) is 11.1 Å². The molecule has 4 aromatic rings. The standard InChI is InChI=1S/C36H43N5O5S/c1-25(43)37-19-7-3-4-10-34(44)38-21-30-8-5-6-9-32(30)27-15-17-29(18-16-27)35-45-31(23-47-36-40-39-24-41(36)2)20-33(46-35)28-13-11-26(22-42)12-14-28/h5-6,8-9,11-18,24,31,33,35,42H,3-4,7,10,19-23H2,1-2H3,(H,37,43)(H,38,44)/t31-,33+,35+/m1/s1. The summed E-state index contributed by atoms with van der Waals surface area (Å²) in [4.78, 5) is 23.5. The van der Waals surface area contributed by atoms with Gasteiger partial charge < -0.3 is 29.8 Å². The van der Waals surface area contributed by atoms with E-state index in [2.05, 4.69) is 39.0 Å². The lowest BCUT2D eigenvalue weighted by atomic mass is 9.97. The Balaban J connectivity index is 1.23. The lowest BCUT2D eigenvalue weighted by Gasteiger charge is -2.36. The molecule has 3 aromatic carbocycles. The van der Waals surface area contributed by atoms with Crippen LogP contribution in [-0.2, 0) is 39.3 Å². The number of benzene rings is 3. The number of hydrogen-bond donors (Lipinski definition) is 3. The van der Waals surface area contributed by atoms with Gasteiger partial charge in [0.1, 0.15) is 6.33 Å². The molecule has 2 heterocycles. The predicted octanol–water partition coefficient (Wildman–Crippen LogP) is 5.62.